The van der Waals surface area contributed by atoms with Crippen molar-refractivity contribution in [3.05, 3.63) is 72.8 Å². The maximum Gasteiger partial charge on any atom is 0.261 e. The highest BCUT2D eigenvalue weighted by Crippen LogP contribution is 2.36. The van der Waals surface area contributed by atoms with Gasteiger partial charge in [-0.25, -0.2) is 0 Å². The van der Waals surface area contributed by atoms with E-state index in [1.165, 1.54) is 23.2 Å². The van der Waals surface area contributed by atoms with E-state index in [-0.39, 0.29) is 5.04 Å². The minimum Gasteiger partial charge on any atom is -0.407 e. The molecule has 1 nitrogen and oxygen atoms in total. The molecular formula is C27H36OSi. The topological polar surface area (TPSA) is 9.23 Å². The van der Waals surface area contributed by atoms with Gasteiger partial charge in [0.25, 0.3) is 8.32 Å². The van der Waals surface area contributed by atoms with E-state index in [4.69, 9.17) is 4.43 Å². The van der Waals surface area contributed by atoms with Gasteiger partial charge in [0.1, 0.15) is 0 Å². The van der Waals surface area contributed by atoms with E-state index in [1.54, 1.807) is 0 Å². The molecular weight excluding hydrogens is 368 g/mol. The molecule has 0 saturated carbocycles. The number of benzene rings is 2. The Bertz CT molecular complexity index is 752. The lowest BCUT2D eigenvalue weighted by Gasteiger charge is -2.43. The molecule has 0 saturated heterocycles. The summed E-state index contributed by atoms with van der Waals surface area (Å²) >= 11 is 0. The van der Waals surface area contributed by atoms with Crippen molar-refractivity contribution in [3.63, 3.8) is 0 Å². The second-order valence-electron chi connectivity index (χ2n) is 8.43. The molecule has 154 valence electrons. The summed E-state index contributed by atoms with van der Waals surface area (Å²) in [6.45, 7) is 9.89. The van der Waals surface area contributed by atoms with Gasteiger partial charge in [0, 0.05) is 19.4 Å². The lowest BCUT2D eigenvalue weighted by molar-refractivity contribution is 0.304. The third-order valence-corrected chi connectivity index (χ3v) is 10.2. The van der Waals surface area contributed by atoms with Crippen molar-refractivity contribution in [2.75, 3.05) is 6.61 Å². The summed E-state index contributed by atoms with van der Waals surface area (Å²) in [5.41, 5.74) is 0. The zero-order valence-corrected chi connectivity index (χ0v) is 19.6. The lowest BCUT2D eigenvalue weighted by atomic mass is 10.2. The van der Waals surface area contributed by atoms with Crippen LogP contribution in [0.5, 0.6) is 0 Å². The highest BCUT2D eigenvalue weighted by molar-refractivity contribution is 6.99. The summed E-state index contributed by atoms with van der Waals surface area (Å²) < 4.78 is 6.88. The van der Waals surface area contributed by atoms with E-state index < -0.39 is 8.32 Å². The Balaban J connectivity index is 2.14. The van der Waals surface area contributed by atoms with E-state index in [0.717, 1.165) is 25.9 Å². The number of hydrogen-bond acceptors (Lipinski definition) is 1. The van der Waals surface area contributed by atoms with Gasteiger partial charge in [-0.05, 0) is 28.3 Å². The molecule has 0 aliphatic rings. The van der Waals surface area contributed by atoms with Crippen LogP contribution >= 0.6 is 0 Å². The predicted octanol–water partition coefficient (Wildman–Crippen LogP) is 6.09. The zero-order chi connectivity index (χ0) is 21.0. The molecule has 0 amide bonds. The Morgan fingerprint density at radius 1 is 0.862 bits per heavy atom. The standard InChI is InChI=1S/C27H36OSi/c1-5-6-7-8-9-10-11-12-19-24-28-29(27(2,3)4,25-20-15-13-16-21-25)26-22-17-14-18-23-26/h11-18,20-23H,5-7,10,19,24H2,1-4H3/b12-11+. The summed E-state index contributed by atoms with van der Waals surface area (Å²) in [7, 11) is -2.40. The van der Waals surface area contributed by atoms with Crippen LogP contribution in [0.2, 0.25) is 5.04 Å². The molecule has 0 radical (unpaired) electrons. The van der Waals surface area contributed by atoms with Crippen molar-refractivity contribution >= 4 is 18.7 Å². The zero-order valence-electron chi connectivity index (χ0n) is 18.6. The summed E-state index contributed by atoms with van der Waals surface area (Å²) in [4.78, 5) is 0. The molecule has 2 aromatic carbocycles. The summed E-state index contributed by atoms with van der Waals surface area (Å²) in [6, 6.07) is 21.7. The molecule has 0 N–H and O–H groups in total. The maximum absolute atomic E-state index is 6.88. The Kier molecular flexibility index (Phi) is 9.44. The molecule has 0 fully saturated rings. The van der Waals surface area contributed by atoms with Gasteiger partial charge in [-0.3, -0.25) is 0 Å². The van der Waals surface area contributed by atoms with Gasteiger partial charge in [-0.2, -0.15) is 0 Å². The van der Waals surface area contributed by atoms with Crippen LogP contribution in [-0.4, -0.2) is 14.9 Å². The third kappa shape index (κ3) is 6.46. The van der Waals surface area contributed by atoms with Gasteiger partial charge in [-0.15, -0.1) is 5.92 Å². The van der Waals surface area contributed by atoms with Crippen LogP contribution in [0.15, 0.2) is 72.8 Å². The third-order valence-electron chi connectivity index (χ3n) is 5.19. The second-order valence-corrected chi connectivity index (χ2v) is 12.7. The Morgan fingerprint density at radius 2 is 1.45 bits per heavy atom. The predicted molar refractivity (Wildman–Crippen MR) is 129 cm³/mol. The van der Waals surface area contributed by atoms with E-state index >= 15 is 0 Å². The van der Waals surface area contributed by atoms with Crippen molar-refractivity contribution in [1.29, 1.82) is 0 Å². The molecule has 0 unspecified atom stereocenters. The first-order valence-electron chi connectivity index (χ1n) is 10.9. The van der Waals surface area contributed by atoms with Crippen molar-refractivity contribution in [2.24, 2.45) is 0 Å². The first kappa shape index (κ1) is 23.2. The van der Waals surface area contributed by atoms with Gasteiger partial charge < -0.3 is 4.43 Å². The van der Waals surface area contributed by atoms with Crippen molar-refractivity contribution in [1.82, 2.24) is 0 Å². The van der Waals surface area contributed by atoms with Crippen molar-refractivity contribution < 1.29 is 4.43 Å². The smallest absolute Gasteiger partial charge is 0.261 e. The van der Waals surface area contributed by atoms with Crippen LogP contribution < -0.4 is 10.4 Å². The van der Waals surface area contributed by atoms with Gasteiger partial charge in [0.05, 0.1) is 0 Å². The molecule has 2 rings (SSSR count). The number of allylic oxidation sites excluding steroid dienone is 1. The average Bonchev–Trinajstić information content (AvgIpc) is 2.72. The largest absolute Gasteiger partial charge is 0.407 e. The molecule has 0 aliphatic heterocycles. The van der Waals surface area contributed by atoms with Gasteiger partial charge >= 0.3 is 0 Å². The monoisotopic (exact) mass is 404 g/mol. The van der Waals surface area contributed by atoms with E-state index in [2.05, 4.69) is 112 Å². The minimum absolute atomic E-state index is 0.0319. The highest BCUT2D eigenvalue weighted by atomic mass is 28.4. The highest BCUT2D eigenvalue weighted by Gasteiger charge is 2.49. The van der Waals surface area contributed by atoms with Crippen LogP contribution in [0, 0.1) is 11.8 Å². The normalized spacial score (nSPS) is 12.0. The fourth-order valence-electron chi connectivity index (χ4n) is 3.73. The molecule has 29 heavy (non-hydrogen) atoms. The molecule has 0 aromatic heterocycles. The van der Waals surface area contributed by atoms with Crippen LogP contribution in [0.4, 0.5) is 0 Å². The SMILES string of the molecule is CCCCC#CC/C=C/CCO[Si](c1ccccc1)(c1ccccc1)C(C)(C)C. The van der Waals surface area contributed by atoms with Crippen molar-refractivity contribution in [3.8, 4) is 11.8 Å². The van der Waals surface area contributed by atoms with Crippen LogP contribution in [0.25, 0.3) is 0 Å². The fraction of sp³-hybridized carbons (Fsp3) is 0.407. The molecule has 0 heterocycles. The average molecular weight is 405 g/mol. The molecule has 2 aromatic rings. The quantitative estimate of drug-likeness (QED) is 0.213. The number of hydrogen-bond donors (Lipinski definition) is 0. The van der Waals surface area contributed by atoms with Gasteiger partial charge in [-0.1, -0.05) is 113 Å². The molecule has 0 spiro atoms. The number of unbranched alkanes of at least 4 members (excludes halogenated alkanes) is 2. The Hall–Kier alpha value is -2.08. The first-order chi connectivity index (χ1) is 14.0. The molecule has 0 atom stereocenters. The van der Waals surface area contributed by atoms with Gasteiger partial charge in [0.2, 0.25) is 0 Å². The fourth-order valence-corrected chi connectivity index (χ4v) is 8.31. The number of rotatable bonds is 9. The Labute approximate surface area is 179 Å². The van der Waals surface area contributed by atoms with Crippen LogP contribution in [0.1, 0.15) is 59.8 Å². The maximum atomic E-state index is 6.88. The van der Waals surface area contributed by atoms with E-state index in [0.29, 0.717) is 0 Å². The first-order valence-corrected chi connectivity index (χ1v) is 12.8. The van der Waals surface area contributed by atoms with Crippen LogP contribution in [0.3, 0.4) is 0 Å². The van der Waals surface area contributed by atoms with E-state index in [1.807, 2.05) is 0 Å². The lowest BCUT2D eigenvalue weighted by Crippen LogP contribution is -2.66. The minimum atomic E-state index is -2.40. The van der Waals surface area contributed by atoms with Gasteiger partial charge in [0.15, 0.2) is 0 Å². The Morgan fingerprint density at radius 3 is 1.97 bits per heavy atom. The summed E-state index contributed by atoms with van der Waals surface area (Å²) in [5.74, 6) is 6.47. The second kappa shape index (κ2) is 11.8. The molecule has 0 bridgehead atoms. The molecule has 2 heteroatoms. The summed E-state index contributed by atoms with van der Waals surface area (Å²) in [6.07, 6.45) is 9.57. The molecule has 0 aliphatic carbocycles. The van der Waals surface area contributed by atoms with Crippen LogP contribution in [-0.2, 0) is 4.43 Å². The van der Waals surface area contributed by atoms with Crippen molar-refractivity contribution in [2.45, 2.75) is 64.8 Å². The summed E-state index contributed by atoms with van der Waals surface area (Å²) in [5, 5.41) is 2.71. The van der Waals surface area contributed by atoms with E-state index in [9.17, 15) is 0 Å².